The number of furan rings is 2. The van der Waals surface area contributed by atoms with Gasteiger partial charge in [0.2, 0.25) is 0 Å². The maximum absolute atomic E-state index is 6.67. The number of allylic oxidation sites excluding steroid dienone is 2. The molecule has 2 aromatic heterocycles. The van der Waals surface area contributed by atoms with E-state index in [1.165, 1.54) is 55.7 Å². The van der Waals surface area contributed by atoms with Crippen molar-refractivity contribution in [2.24, 2.45) is 0 Å². The SMILES string of the molecule is C1=C(c2ccc(-c3ccccc3)o2)C(C[Si]CC2C(c3ccc(-c4ccccc4)o3)=Cc3c(-c4ccccc4)cccc32)c2cccc(-c3ccccc3)c21. The summed E-state index contributed by atoms with van der Waals surface area (Å²) in [5.41, 5.74) is 15.1. The maximum atomic E-state index is 6.67. The van der Waals surface area contributed by atoms with E-state index in [4.69, 9.17) is 8.83 Å². The summed E-state index contributed by atoms with van der Waals surface area (Å²) >= 11 is 0. The largest absolute Gasteiger partial charge is 0.456 e. The standard InChI is InChI=1S/C52H38O2Si/c1-5-15-35(16-6-1)39-23-13-25-41-43(39)31-45(51-29-27-49(53-51)37-19-9-3-10-20-37)47(41)33-55-34-48-42-26-14-24-40(36-17-7-2-8-18-36)44(42)32-46(48)52-30-28-50(54-52)38-21-11-4-12-22-38/h1-32,47-48H,33-34H2. The lowest BCUT2D eigenvalue weighted by molar-refractivity contribution is 0.563. The Balaban J connectivity index is 1.00. The van der Waals surface area contributed by atoms with E-state index in [9.17, 15) is 0 Å². The van der Waals surface area contributed by atoms with E-state index in [0.717, 1.165) is 46.3 Å². The Morgan fingerprint density at radius 2 is 0.709 bits per heavy atom. The van der Waals surface area contributed by atoms with E-state index in [2.05, 4.69) is 182 Å². The molecule has 0 N–H and O–H groups in total. The van der Waals surface area contributed by atoms with Crippen molar-refractivity contribution >= 4 is 32.8 Å². The van der Waals surface area contributed by atoms with E-state index in [0.29, 0.717) is 9.52 Å². The highest BCUT2D eigenvalue weighted by Crippen LogP contribution is 2.51. The topological polar surface area (TPSA) is 26.3 Å². The van der Waals surface area contributed by atoms with Gasteiger partial charge in [-0.25, -0.2) is 0 Å². The van der Waals surface area contributed by atoms with Gasteiger partial charge in [-0.15, -0.1) is 0 Å². The van der Waals surface area contributed by atoms with E-state index >= 15 is 0 Å². The highest BCUT2D eigenvalue weighted by atomic mass is 28.2. The lowest BCUT2D eigenvalue weighted by atomic mass is 9.92. The Hall–Kier alpha value is -6.42. The van der Waals surface area contributed by atoms with Crippen LogP contribution in [0, 0.1) is 0 Å². The van der Waals surface area contributed by atoms with Gasteiger partial charge in [0, 0.05) is 43.6 Å². The molecule has 0 bridgehead atoms. The predicted octanol–water partition coefficient (Wildman–Crippen LogP) is 14.1. The van der Waals surface area contributed by atoms with Crippen LogP contribution in [-0.4, -0.2) is 9.52 Å². The summed E-state index contributed by atoms with van der Waals surface area (Å²) in [4.78, 5) is 0. The molecule has 2 aliphatic carbocycles. The fourth-order valence-electron chi connectivity index (χ4n) is 8.48. The second-order valence-electron chi connectivity index (χ2n) is 14.4. The fourth-order valence-corrected chi connectivity index (χ4v) is 10.1. The molecular formula is C52H38O2Si. The van der Waals surface area contributed by atoms with Crippen LogP contribution >= 0.6 is 0 Å². The third kappa shape index (κ3) is 6.27. The molecule has 2 heterocycles. The summed E-state index contributed by atoms with van der Waals surface area (Å²) in [5, 5.41) is 0. The summed E-state index contributed by atoms with van der Waals surface area (Å²) in [6, 6.07) is 66.6. The van der Waals surface area contributed by atoms with Gasteiger partial charge < -0.3 is 8.83 Å². The van der Waals surface area contributed by atoms with E-state index < -0.39 is 0 Å². The molecule has 2 radical (unpaired) electrons. The predicted molar refractivity (Wildman–Crippen MR) is 229 cm³/mol. The number of hydrogen-bond donors (Lipinski definition) is 0. The molecule has 0 saturated heterocycles. The molecule has 0 spiro atoms. The molecule has 262 valence electrons. The van der Waals surface area contributed by atoms with Crippen LogP contribution in [0.5, 0.6) is 0 Å². The highest BCUT2D eigenvalue weighted by molar-refractivity contribution is 6.37. The molecule has 3 heteroatoms. The van der Waals surface area contributed by atoms with Crippen LogP contribution < -0.4 is 0 Å². The lowest BCUT2D eigenvalue weighted by Crippen LogP contribution is -2.07. The first-order valence-electron chi connectivity index (χ1n) is 19.1. The maximum Gasteiger partial charge on any atom is 0.134 e. The molecule has 8 aromatic rings. The van der Waals surface area contributed by atoms with Crippen LogP contribution in [0.25, 0.3) is 68.2 Å². The van der Waals surface area contributed by atoms with Crippen molar-refractivity contribution in [2.45, 2.75) is 23.9 Å². The lowest BCUT2D eigenvalue weighted by Gasteiger charge is -2.20. The molecule has 2 aliphatic rings. The van der Waals surface area contributed by atoms with Gasteiger partial charge in [-0.1, -0.05) is 158 Å². The molecule has 10 rings (SSSR count). The second-order valence-corrected chi connectivity index (χ2v) is 15.7. The van der Waals surface area contributed by atoms with E-state index in [1.807, 2.05) is 12.1 Å². The Morgan fingerprint density at radius 3 is 1.11 bits per heavy atom. The van der Waals surface area contributed by atoms with Crippen LogP contribution in [0.4, 0.5) is 0 Å². The van der Waals surface area contributed by atoms with E-state index in [1.54, 1.807) is 0 Å². The van der Waals surface area contributed by atoms with Crippen molar-refractivity contribution in [1.82, 2.24) is 0 Å². The summed E-state index contributed by atoms with van der Waals surface area (Å²) < 4.78 is 13.3. The van der Waals surface area contributed by atoms with Gasteiger partial charge in [-0.05, 0) is 93.0 Å². The van der Waals surface area contributed by atoms with Crippen molar-refractivity contribution in [3.05, 3.63) is 216 Å². The Kier molecular flexibility index (Phi) is 8.70. The fraction of sp³-hybridized carbons (Fsp3) is 0.0769. The van der Waals surface area contributed by atoms with E-state index in [-0.39, 0.29) is 11.8 Å². The molecular weight excluding hydrogens is 685 g/mol. The average Bonchev–Trinajstić information content (AvgIpc) is 4.08. The average molecular weight is 723 g/mol. The van der Waals surface area contributed by atoms with Crippen LogP contribution in [0.15, 0.2) is 191 Å². The molecule has 0 saturated carbocycles. The van der Waals surface area contributed by atoms with Crippen LogP contribution in [0.1, 0.15) is 45.6 Å². The zero-order chi connectivity index (χ0) is 36.6. The summed E-state index contributed by atoms with van der Waals surface area (Å²) in [6.45, 7) is 0. The van der Waals surface area contributed by atoms with Crippen LogP contribution in [-0.2, 0) is 0 Å². The van der Waals surface area contributed by atoms with Gasteiger partial charge in [0.25, 0.3) is 0 Å². The zero-order valence-corrected chi connectivity index (χ0v) is 31.4. The minimum atomic E-state index is 0.226. The van der Waals surface area contributed by atoms with Crippen molar-refractivity contribution < 1.29 is 8.83 Å². The highest BCUT2D eigenvalue weighted by Gasteiger charge is 2.33. The Labute approximate surface area is 325 Å². The Morgan fingerprint density at radius 1 is 0.345 bits per heavy atom. The molecule has 2 atom stereocenters. The van der Waals surface area contributed by atoms with Crippen molar-refractivity contribution in [2.75, 3.05) is 0 Å². The Bertz CT molecular complexity index is 2480. The van der Waals surface area contributed by atoms with Crippen molar-refractivity contribution in [3.8, 4) is 44.9 Å². The summed E-state index contributed by atoms with van der Waals surface area (Å²) in [5.74, 6) is 4.15. The molecule has 2 unspecified atom stereocenters. The summed E-state index contributed by atoms with van der Waals surface area (Å²) in [6.07, 6.45) is 4.80. The molecule has 2 nitrogen and oxygen atoms in total. The second kappa shape index (κ2) is 14.4. The van der Waals surface area contributed by atoms with Gasteiger partial charge in [0.15, 0.2) is 0 Å². The molecule has 55 heavy (non-hydrogen) atoms. The number of hydrogen-bond acceptors (Lipinski definition) is 2. The van der Waals surface area contributed by atoms with Gasteiger partial charge in [-0.3, -0.25) is 0 Å². The summed E-state index contributed by atoms with van der Waals surface area (Å²) in [7, 11) is 0.707. The van der Waals surface area contributed by atoms with Crippen LogP contribution in [0.2, 0.25) is 12.1 Å². The third-order valence-corrected chi connectivity index (χ3v) is 12.5. The monoisotopic (exact) mass is 722 g/mol. The smallest absolute Gasteiger partial charge is 0.134 e. The first-order chi connectivity index (χ1) is 27.3. The minimum absolute atomic E-state index is 0.226. The normalized spacial score (nSPS) is 15.7. The first kappa shape index (κ1) is 33.2. The van der Waals surface area contributed by atoms with Gasteiger partial charge in [-0.2, -0.15) is 0 Å². The van der Waals surface area contributed by atoms with Crippen molar-refractivity contribution in [3.63, 3.8) is 0 Å². The third-order valence-electron chi connectivity index (χ3n) is 11.1. The van der Waals surface area contributed by atoms with Crippen LogP contribution in [0.3, 0.4) is 0 Å². The minimum Gasteiger partial charge on any atom is -0.456 e. The molecule has 0 aliphatic heterocycles. The van der Waals surface area contributed by atoms with Crippen molar-refractivity contribution in [1.29, 1.82) is 0 Å². The van der Waals surface area contributed by atoms with Gasteiger partial charge in [0.05, 0.1) is 0 Å². The quantitative estimate of drug-likeness (QED) is 0.131. The number of benzene rings is 6. The first-order valence-corrected chi connectivity index (χ1v) is 20.5. The number of fused-ring (bicyclic) bond motifs is 2. The molecule has 6 aromatic carbocycles. The van der Waals surface area contributed by atoms with Gasteiger partial charge in [0.1, 0.15) is 23.0 Å². The number of rotatable bonds is 10. The van der Waals surface area contributed by atoms with Gasteiger partial charge >= 0.3 is 0 Å². The molecule has 0 amide bonds. The zero-order valence-electron chi connectivity index (χ0n) is 30.4. The molecule has 0 fully saturated rings.